The second-order valence-electron chi connectivity index (χ2n) is 6.89. The molecule has 5 nitrogen and oxygen atoms in total. The van der Waals surface area contributed by atoms with Crippen molar-refractivity contribution >= 4 is 23.5 Å². The summed E-state index contributed by atoms with van der Waals surface area (Å²) in [6.07, 6.45) is 5.68. The number of hydrogen-bond acceptors (Lipinski definition) is 4. The highest BCUT2D eigenvalue weighted by Gasteiger charge is 2.28. The molecule has 1 aromatic heterocycles. The van der Waals surface area contributed by atoms with Crippen LogP contribution in [0.25, 0.3) is 6.08 Å². The molecule has 0 saturated carbocycles. The number of aromatic nitrogens is 1. The third-order valence-corrected chi connectivity index (χ3v) is 5.19. The zero-order valence-electron chi connectivity index (χ0n) is 16.7. The number of hydrogen-bond donors (Lipinski definition) is 0. The summed E-state index contributed by atoms with van der Waals surface area (Å²) in [5, 5.41) is 0.719. The number of benzene rings is 2. The molecule has 0 unspecified atom stereocenters. The van der Waals surface area contributed by atoms with E-state index in [1.807, 2.05) is 53.4 Å². The Balaban J connectivity index is 1.55. The number of carbonyl (C=O) groups excluding carboxylic acids is 1. The fourth-order valence-electron chi connectivity index (χ4n) is 3.47. The van der Waals surface area contributed by atoms with Gasteiger partial charge >= 0.3 is 0 Å². The summed E-state index contributed by atoms with van der Waals surface area (Å²) in [6.45, 7) is 0.955. The number of rotatable bonds is 5. The van der Waals surface area contributed by atoms with Crippen molar-refractivity contribution in [3.63, 3.8) is 0 Å². The standard InChI is InChI=1S/C24H21ClNO4/c1-28-21-7-6-19-20(24(21)29-2)15-30-22(23(19)27)13-16-8-10-26(11-9-16)14-17-4-3-5-18(25)12-17/h3-13H,14-15H2,1-2H3/q+1. The van der Waals surface area contributed by atoms with Crippen LogP contribution in [0.15, 0.2) is 66.7 Å². The first-order chi connectivity index (χ1) is 14.6. The average Bonchev–Trinajstić information content (AvgIpc) is 2.76. The number of fused-ring (bicyclic) bond motifs is 1. The molecule has 0 amide bonds. The van der Waals surface area contributed by atoms with Crippen molar-refractivity contribution in [2.45, 2.75) is 13.2 Å². The molecule has 0 atom stereocenters. The normalized spacial score (nSPS) is 14.2. The molecule has 0 aliphatic carbocycles. The summed E-state index contributed by atoms with van der Waals surface area (Å²) in [6, 6.07) is 15.1. The summed E-state index contributed by atoms with van der Waals surface area (Å²) in [5.41, 5.74) is 3.26. The molecule has 0 N–H and O–H groups in total. The van der Waals surface area contributed by atoms with Crippen LogP contribution < -0.4 is 14.0 Å². The lowest BCUT2D eigenvalue weighted by Gasteiger charge is -2.22. The third-order valence-electron chi connectivity index (χ3n) is 4.96. The van der Waals surface area contributed by atoms with E-state index < -0.39 is 0 Å². The predicted molar refractivity (Wildman–Crippen MR) is 114 cm³/mol. The van der Waals surface area contributed by atoms with Crippen LogP contribution in [0.3, 0.4) is 0 Å². The molecule has 30 heavy (non-hydrogen) atoms. The Morgan fingerprint density at radius 2 is 1.90 bits per heavy atom. The monoisotopic (exact) mass is 422 g/mol. The summed E-state index contributed by atoms with van der Waals surface area (Å²) >= 11 is 6.05. The summed E-state index contributed by atoms with van der Waals surface area (Å²) in [7, 11) is 3.12. The SMILES string of the molecule is COc1ccc2c(c1OC)COC(=Cc1cc[n+](Cc3cccc(Cl)c3)cc1)C2=O. The summed E-state index contributed by atoms with van der Waals surface area (Å²) in [5.74, 6) is 1.24. The van der Waals surface area contributed by atoms with Crippen molar-refractivity contribution in [1.82, 2.24) is 0 Å². The molecule has 152 valence electrons. The molecule has 2 aromatic carbocycles. The Kier molecular flexibility index (Phi) is 5.72. The highest BCUT2D eigenvalue weighted by Crippen LogP contribution is 2.37. The number of carbonyl (C=O) groups is 1. The van der Waals surface area contributed by atoms with Gasteiger partial charge in [0, 0.05) is 33.8 Å². The number of halogens is 1. The van der Waals surface area contributed by atoms with Gasteiger partial charge in [-0.25, -0.2) is 4.57 Å². The van der Waals surface area contributed by atoms with E-state index in [9.17, 15) is 4.79 Å². The van der Waals surface area contributed by atoms with E-state index in [0.29, 0.717) is 34.9 Å². The maximum absolute atomic E-state index is 12.9. The highest BCUT2D eigenvalue weighted by atomic mass is 35.5. The van der Waals surface area contributed by atoms with E-state index in [-0.39, 0.29) is 12.4 Å². The lowest BCUT2D eigenvalue weighted by Crippen LogP contribution is -2.33. The number of methoxy groups -OCH3 is 2. The van der Waals surface area contributed by atoms with Gasteiger partial charge in [-0.15, -0.1) is 0 Å². The molecule has 3 aromatic rings. The van der Waals surface area contributed by atoms with Gasteiger partial charge in [-0.05, 0) is 35.9 Å². The van der Waals surface area contributed by atoms with Crippen molar-refractivity contribution in [3.05, 3.63) is 94.0 Å². The van der Waals surface area contributed by atoms with E-state index in [1.165, 1.54) is 0 Å². The zero-order chi connectivity index (χ0) is 21.1. The Bertz CT molecular complexity index is 1120. The second-order valence-corrected chi connectivity index (χ2v) is 7.32. The lowest BCUT2D eigenvalue weighted by molar-refractivity contribution is -0.688. The Morgan fingerprint density at radius 1 is 1.10 bits per heavy atom. The van der Waals surface area contributed by atoms with E-state index in [4.69, 9.17) is 25.8 Å². The summed E-state index contributed by atoms with van der Waals surface area (Å²) < 4.78 is 18.5. The van der Waals surface area contributed by atoms with Gasteiger partial charge in [-0.3, -0.25) is 4.79 Å². The van der Waals surface area contributed by atoms with Crippen molar-refractivity contribution in [3.8, 4) is 11.5 Å². The number of pyridine rings is 1. The van der Waals surface area contributed by atoms with Crippen LogP contribution in [0, 0.1) is 0 Å². The van der Waals surface area contributed by atoms with Crippen LogP contribution in [0.4, 0.5) is 0 Å². The molecule has 1 aliphatic rings. The van der Waals surface area contributed by atoms with E-state index in [0.717, 1.165) is 16.1 Å². The summed E-state index contributed by atoms with van der Waals surface area (Å²) in [4.78, 5) is 12.9. The Labute approximate surface area is 180 Å². The minimum absolute atomic E-state index is 0.173. The van der Waals surface area contributed by atoms with Gasteiger partial charge in [-0.2, -0.15) is 0 Å². The van der Waals surface area contributed by atoms with Gasteiger partial charge in [0.1, 0.15) is 6.61 Å². The van der Waals surface area contributed by atoms with Gasteiger partial charge in [-0.1, -0.05) is 23.7 Å². The fraction of sp³-hybridized carbons (Fsp3) is 0.167. The molecule has 0 radical (unpaired) electrons. The van der Waals surface area contributed by atoms with Crippen LogP contribution in [-0.2, 0) is 17.9 Å². The molecule has 0 saturated heterocycles. The number of allylic oxidation sites excluding steroid dienone is 1. The molecule has 2 heterocycles. The minimum atomic E-state index is -0.173. The number of ether oxygens (including phenoxy) is 3. The van der Waals surface area contributed by atoms with E-state index in [1.54, 1.807) is 32.4 Å². The Hall–Kier alpha value is -3.31. The third kappa shape index (κ3) is 4.02. The lowest BCUT2D eigenvalue weighted by atomic mass is 9.98. The van der Waals surface area contributed by atoms with Crippen molar-refractivity contribution in [1.29, 1.82) is 0 Å². The minimum Gasteiger partial charge on any atom is -0.493 e. The van der Waals surface area contributed by atoms with Gasteiger partial charge in [0.15, 0.2) is 36.2 Å². The first-order valence-corrected chi connectivity index (χ1v) is 9.83. The molecule has 0 bridgehead atoms. The Morgan fingerprint density at radius 3 is 2.60 bits per heavy atom. The molecule has 1 aliphatic heterocycles. The van der Waals surface area contributed by atoms with Crippen molar-refractivity contribution in [2.75, 3.05) is 14.2 Å². The number of ketones is 1. The smallest absolute Gasteiger partial charge is 0.228 e. The van der Waals surface area contributed by atoms with Crippen LogP contribution in [0.1, 0.15) is 27.0 Å². The predicted octanol–water partition coefficient (Wildman–Crippen LogP) is 4.45. The highest BCUT2D eigenvalue weighted by molar-refractivity contribution is 6.30. The molecule has 4 rings (SSSR count). The van der Waals surface area contributed by atoms with Crippen LogP contribution in [0.5, 0.6) is 11.5 Å². The van der Waals surface area contributed by atoms with Crippen LogP contribution in [0.2, 0.25) is 5.02 Å². The van der Waals surface area contributed by atoms with Crippen LogP contribution >= 0.6 is 11.6 Å². The van der Waals surface area contributed by atoms with Crippen molar-refractivity contribution < 1.29 is 23.6 Å². The van der Waals surface area contributed by atoms with Gasteiger partial charge in [0.25, 0.3) is 0 Å². The first kappa shape index (κ1) is 20.0. The maximum Gasteiger partial charge on any atom is 0.228 e. The fourth-order valence-corrected chi connectivity index (χ4v) is 3.68. The topological polar surface area (TPSA) is 48.6 Å². The molecular formula is C24H21ClNO4+. The molecular weight excluding hydrogens is 402 g/mol. The maximum atomic E-state index is 12.9. The average molecular weight is 423 g/mol. The van der Waals surface area contributed by atoms with Crippen LogP contribution in [-0.4, -0.2) is 20.0 Å². The number of nitrogens with zero attached hydrogens (tertiary/aromatic N) is 1. The van der Waals surface area contributed by atoms with E-state index >= 15 is 0 Å². The number of Topliss-reactive ketones (excluding diaryl/α,β-unsaturated/α-hetero) is 1. The second kappa shape index (κ2) is 8.59. The molecule has 0 fully saturated rings. The zero-order valence-corrected chi connectivity index (χ0v) is 17.5. The van der Waals surface area contributed by atoms with Gasteiger partial charge in [0.2, 0.25) is 5.78 Å². The first-order valence-electron chi connectivity index (χ1n) is 9.45. The quantitative estimate of drug-likeness (QED) is 0.450. The molecule has 6 heteroatoms. The van der Waals surface area contributed by atoms with Gasteiger partial charge < -0.3 is 14.2 Å². The van der Waals surface area contributed by atoms with Gasteiger partial charge in [0.05, 0.1) is 14.2 Å². The largest absolute Gasteiger partial charge is 0.493 e. The van der Waals surface area contributed by atoms with E-state index in [2.05, 4.69) is 0 Å². The van der Waals surface area contributed by atoms with Crippen molar-refractivity contribution in [2.24, 2.45) is 0 Å². The molecule has 0 spiro atoms.